The monoisotopic (exact) mass is 255 g/mol. The summed E-state index contributed by atoms with van der Waals surface area (Å²) in [6.45, 7) is 2.00. The smallest absolute Gasteiger partial charge is 0.269 e. The second-order valence-electron chi connectivity index (χ2n) is 3.51. The summed E-state index contributed by atoms with van der Waals surface area (Å²) < 4.78 is 5.26. The predicted octanol–water partition coefficient (Wildman–Crippen LogP) is 1.19. The zero-order valence-electron chi connectivity index (χ0n) is 9.74. The van der Waals surface area contributed by atoms with Crippen LogP contribution in [0.1, 0.15) is 6.92 Å². The van der Waals surface area contributed by atoms with E-state index in [9.17, 15) is 20.2 Å². The number of hydrogen-bond donors (Lipinski definition) is 1. The Morgan fingerprint density at radius 3 is 2.39 bits per heavy atom. The number of benzene rings is 1. The Bertz CT molecular complexity index is 420. The molecule has 1 aromatic rings. The van der Waals surface area contributed by atoms with Crippen LogP contribution in [0.2, 0.25) is 0 Å². The SMILES string of the molecule is CC(NCCOc1ccc([N+](=O)[O-])cc1)[N+](=O)[O-]. The highest BCUT2D eigenvalue weighted by Crippen LogP contribution is 2.16. The first kappa shape index (κ1) is 13.8. The summed E-state index contributed by atoms with van der Waals surface area (Å²) in [5.41, 5.74) is -0.0116. The first-order valence-corrected chi connectivity index (χ1v) is 5.25. The Hall–Kier alpha value is -2.22. The van der Waals surface area contributed by atoms with Gasteiger partial charge in [-0.2, -0.15) is 0 Å². The van der Waals surface area contributed by atoms with Crippen LogP contribution in [0.5, 0.6) is 5.75 Å². The van der Waals surface area contributed by atoms with Crippen LogP contribution in [0.3, 0.4) is 0 Å². The molecule has 0 aliphatic carbocycles. The third-order valence-corrected chi connectivity index (χ3v) is 2.17. The number of nitro benzene ring substituents is 1. The van der Waals surface area contributed by atoms with Gasteiger partial charge in [0.15, 0.2) is 0 Å². The lowest BCUT2D eigenvalue weighted by molar-refractivity contribution is -0.524. The number of nitrogens with one attached hydrogen (secondary N) is 1. The molecule has 0 amide bonds. The average Bonchev–Trinajstić information content (AvgIpc) is 2.34. The first-order chi connectivity index (χ1) is 8.50. The molecule has 0 aliphatic rings. The Morgan fingerprint density at radius 2 is 1.89 bits per heavy atom. The second kappa shape index (κ2) is 6.50. The van der Waals surface area contributed by atoms with Crippen molar-refractivity contribution in [1.82, 2.24) is 5.32 Å². The van der Waals surface area contributed by atoms with Crippen molar-refractivity contribution in [1.29, 1.82) is 0 Å². The minimum atomic E-state index is -0.828. The molecule has 8 nitrogen and oxygen atoms in total. The van der Waals surface area contributed by atoms with Crippen LogP contribution in [-0.4, -0.2) is 29.2 Å². The zero-order valence-corrected chi connectivity index (χ0v) is 9.74. The fourth-order valence-electron chi connectivity index (χ4n) is 1.18. The number of ether oxygens (including phenoxy) is 1. The molecule has 0 radical (unpaired) electrons. The van der Waals surface area contributed by atoms with Crippen molar-refractivity contribution in [2.24, 2.45) is 0 Å². The number of nitro groups is 2. The highest BCUT2D eigenvalue weighted by Gasteiger charge is 2.10. The van der Waals surface area contributed by atoms with Crippen molar-refractivity contribution in [2.75, 3.05) is 13.2 Å². The van der Waals surface area contributed by atoms with E-state index < -0.39 is 16.0 Å². The number of non-ortho nitro benzene ring substituents is 1. The quantitative estimate of drug-likeness (QED) is 0.339. The van der Waals surface area contributed by atoms with E-state index >= 15 is 0 Å². The number of rotatable bonds is 7. The molecule has 8 heteroatoms. The summed E-state index contributed by atoms with van der Waals surface area (Å²) in [6, 6.07) is 5.63. The van der Waals surface area contributed by atoms with E-state index in [0.717, 1.165) is 0 Å². The van der Waals surface area contributed by atoms with E-state index in [2.05, 4.69) is 5.32 Å². The van der Waals surface area contributed by atoms with Gasteiger partial charge in [0, 0.05) is 30.5 Å². The van der Waals surface area contributed by atoms with E-state index in [-0.39, 0.29) is 12.3 Å². The molecular weight excluding hydrogens is 242 g/mol. The van der Waals surface area contributed by atoms with Crippen molar-refractivity contribution in [3.8, 4) is 5.75 Å². The standard InChI is InChI=1S/C10H13N3O5/c1-8(12(14)15)11-6-7-18-10-4-2-9(3-5-10)13(16)17/h2-5,8,11H,6-7H2,1H3. The van der Waals surface area contributed by atoms with Gasteiger partial charge < -0.3 is 4.74 Å². The van der Waals surface area contributed by atoms with Crippen molar-refractivity contribution >= 4 is 5.69 Å². The maximum atomic E-state index is 10.4. The van der Waals surface area contributed by atoms with Gasteiger partial charge in [0.1, 0.15) is 12.4 Å². The zero-order chi connectivity index (χ0) is 13.5. The molecule has 18 heavy (non-hydrogen) atoms. The van der Waals surface area contributed by atoms with Gasteiger partial charge in [0.25, 0.3) is 11.9 Å². The van der Waals surface area contributed by atoms with Gasteiger partial charge in [-0.1, -0.05) is 0 Å². The molecule has 0 saturated heterocycles. The molecule has 1 atom stereocenters. The minimum absolute atomic E-state index is 0.0116. The summed E-state index contributed by atoms with van der Waals surface area (Å²) in [5, 5.41) is 23.4. The topological polar surface area (TPSA) is 108 Å². The molecule has 0 fully saturated rings. The van der Waals surface area contributed by atoms with E-state index in [4.69, 9.17) is 4.74 Å². The third kappa shape index (κ3) is 4.34. The Labute approximate surface area is 103 Å². The van der Waals surface area contributed by atoms with Gasteiger partial charge in [0.05, 0.1) is 4.92 Å². The summed E-state index contributed by atoms with van der Waals surface area (Å²) in [7, 11) is 0. The third-order valence-electron chi connectivity index (χ3n) is 2.17. The molecule has 1 unspecified atom stereocenters. The van der Waals surface area contributed by atoms with Crippen LogP contribution in [0, 0.1) is 20.2 Å². The number of nitrogens with zero attached hydrogens (tertiary/aromatic N) is 2. The Kier molecular flexibility index (Phi) is 5.00. The summed E-state index contributed by atoms with van der Waals surface area (Å²) in [5.74, 6) is 0.483. The summed E-state index contributed by atoms with van der Waals surface area (Å²) >= 11 is 0. The molecule has 0 spiro atoms. The van der Waals surface area contributed by atoms with Gasteiger partial charge in [-0.15, -0.1) is 0 Å². The van der Waals surface area contributed by atoms with Crippen molar-refractivity contribution in [3.05, 3.63) is 44.5 Å². The van der Waals surface area contributed by atoms with Gasteiger partial charge >= 0.3 is 0 Å². The molecule has 1 aromatic carbocycles. The lowest BCUT2D eigenvalue weighted by Gasteiger charge is -2.08. The molecule has 0 aliphatic heterocycles. The molecule has 0 saturated carbocycles. The van der Waals surface area contributed by atoms with E-state index in [1.165, 1.54) is 31.2 Å². The van der Waals surface area contributed by atoms with Crippen LogP contribution >= 0.6 is 0 Å². The predicted molar refractivity (Wildman–Crippen MR) is 63.1 cm³/mol. The van der Waals surface area contributed by atoms with Gasteiger partial charge in [-0.05, 0) is 12.1 Å². The van der Waals surface area contributed by atoms with Crippen LogP contribution in [-0.2, 0) is 0 Å². The Balaban J connectivity index is 2.31. The number of hydrogen-bond acceptors (Lipinski definition) is 6. The average molecular weight is 255 g/mol. The van der Waals surface area contributed by atoms with E-state index in [1.807, 2.05) is 0 Å². The van der Waals surface area contributed by atoms with Crippen LogP contribution in [0.25, 0.3) is 0 Å². The van der Waals surface area contributed by atoms with Crippen LogP contribution < -0.4 is 10.1 Å². The highest BCUT2D eigenvalue weighted by atomic mass is 16.6. The molecule has 0 bridgehead atoms. The van der Waals surface area contributed by atoms with E-state index in [0.29, 0.717) is 12.3 Å². The fraction of sp³-hybridized carbons (Fsp3) is 0.400. The fourth-order valence-corrected chi connectivity index (χ4v) is 1.18. The molecular formula is C10H13N3O5. The van der Waals surface area contributed by atoms with Crippen LogP contribution in [0.4, 0.5) is 5.69 Å². The maximum absolute atomic E-state index is 10.4. The van der Waals surface area contributed by atoms with Crippen molar-refractivity contribution < 1.29 is 14.6 Å². The van der Waals surface area contributed by atoms with Crippen molar-refractivity contribution in [3.63, 3.8) is 0 Å². The first-order valence-electron chi connectivity index (χ1n) is 5.25. The summed E-state index contributed by atoms with van der Waals surface area (Å²) in [6.07, 6.45) is -0.828. The molecule has 0 heterocycles. The van der Waals surface area contributed by atoms with Crippen molar-refractivity contribution in [2.45, 2.75) is 13.1 Å². The lowest BCUT2D eigenvalue weighted by atomic mass is 10.3. The molecule has 1 rings (SSSR count). The van der Waals surface area contributed by atoms with Crippen LogP contribution in [0.15, 0.2) is 24.3 Å². The second-order valence-corrected chi connectivity index (χ2v) is 3.51. The van der Waals surface area contributed by atoms with Gasteiger partial charge in [-0.3, -0.25) is 25.5 Å². The normalized spacial score (nSPS) is 11.8. The molecule has 98 valence electrons. The minimum Gasteiger partial charge on any atom is -0.492 e. The lowest BCUT2D eigenvalue weighted by Crippen LogP contribution is -2.35. The highest BCUT2D eigenvalue weighted by molar-refractivity contribution is 5.35. The molecule has 0 aromatic heterocycles. The van der Waals surface area contributed by atoms with E-state index in [1.54, 1.807) is 0 Å². The molecule has 1 N–H and O–H groups in total. The Morgan fingerprint density at radius 1 is 1.28 bits per heavy atom. The maximum Gasteiger partial charge on any atom is 0.269 e. The summed E-state index contributed by atoms with van der Waals surface area (Å²) in [4.78, 5) is 19.8. The van der Waals surface area contributed by atoms with Gasteiger partial charge in [-0.25, -0.2) is 0 Å². The largest absolute Gasteiger partial charge is 0.492 e. The van der Waals surface area contributed by atoms with Gasteiger partial charge in [0.2, 0.25) is 0 Å².